The van der Waals surface area contributed by atoms with E-state index in [1.807, 2.05) is 17.7 Å². The summed E-state index contributed by atoms with van der Waals surface area (Å²) in [5.74, 6) is 2.35. The molecule has 21 heavy (non-hydrogen) atoms. The lowest BCUT2D eigenvalue weighted by molar-refractivity contribution is 0.0713. The number of aryl methyl sites for hydroxylation is 1. The van der Waals surface area contributed by atoms with Crippen molar-refractivity contribution in [1.82, 2.24) is 9.47 Å². The minimum atomic E-state index is -3.06. The Hall–Kier alpha value is -1.26. The summed E-state index contributed by atoms with van der Waals surface area (Å²) in [5.41, 5.74) is 0.518. The number of amides is 1. The van der Waals surface area contributed by atoms with Crippen molar-refractivity contribution in [2.24, 2.45) is 0 Å². The van der Waals surface area contributed by atoms with Gasteiger partial charge in [0.25, 0.3) is 5.91 Å². The number of terminal acetylenes is 1. The van der Waals surface area contributed by atoms with E-state index in [4.69, 9.17) is 6.42 Å². The van der Waals surface area contributed by atoms with Gasteiger partial charge in [-0.25, -0.2) is 8.42 Å². The quantitative estimate of drug-likeness (QED) is 0.753. The molecule has 0 radical (unpaired) electrons. The van der Waals surface area contributed by atoms with E-state index in [0.717, 1.165) is 4.47 Å². The summed E-state index contributed by atoms with van der Waals surface area (Å²) in [7, 11) is -3.06. The lowest BCUT2D eigenvalue weighted by Gasteiger charge is -2.26. The highest BCUT2D eigenvalue weighted by Crippen LogP contribution is 2.22. The largest absolute Gasteiger partial charge is 0.343 e. The number of rotatable bonds is 4. The number of carbonyl (C=O) groups is 1. The molecule has 2 rings (SSSR count). The van der Waals surface area contributed by atoms with Gasteiger partial charge in [-0.15, -0.1) is 6.42 Å². The van der Waals surface area contributed by atoms with Gasteiger partial charge in [-0.2, -0.15) is 0 Å². The molecular weight excluding hydrogens is 356 g/mol. The lowest BCUT2D eigenvalue weighted by atomic mass is 10.2. The van der Waals surface area contributed by atoms with Crippen LogP contribution in [0.15, 0.2) is 16.7 Å². The van der Waals surface area contributed by atoms with E-state index in [1.165, 1.54) is 4.90 Å². The first kappa shape index (κ1) is 16.1. The summed E-state index contributed by atoms with van der Waals surface area (Å²) in [4.78, 5) is 14.2. The minimum Gasteiger partial charge on any atom is -0.343 e. The van der Waals surface area contributed by atoms with E-state index in [2.05, 4.69) is 21.9 Å². The van der Waals surface area contributed by atoms with Crippen molar-refractivity contribution < 1.29 is 13.2 Å². The molecule has 1 aromatic rings. The predicted octanol–water partition coefficient (Wildman–Crippen LogP) is 1.53. The van der Waals surface area contributed by atoms with Crippen molar-refractivity contribution in [1.29, 1.82) is 0 Å². The minimum absolute atomic E-state index is 0.00553. The number of hydrogen-bond acceptors (Lipinski definition) is 3. The Morgan fingerprint density at radius 1 is 1.62 bits per heavy atom. The molecule has 1 aromatic heterocycles. The van der Waals surface area contributed by atoms with Gasteiger partial charge in [0.1, 0.15) is 5.69 Å². The maximum absolute atomic E-state index is 12.7. The molecule has 1 amide bonds. The Labute approximate surface area is 133 Å². The zero-order valence-electron chi connectivity index (χ0n) is 11.8. The second-order valence-electron chi connectivity index (χ2n) is 5.02. The van der Waals surface area contributed by atoms with Gasteiger partial charge in [-0.05, 0) is 35.3 Å². The maximum atomic E-state index is 12.7. The SMILES string of the molecule is C#CCN(C(=O)c1cc(Br)cn1CC)C1CCS(=O)(=O)C1. The molecule has 1 aliphatic rings. The van der Waals surface area contributed by atoms with Crippen LogP contribution < -0.4 is 0 Å². The molecule has 0 bridgehead atoms. The fraction of sp³-hybridized carbons (Fsp3) is 0.500. The van der Waals surface area contributed by atoms with E-state index in [1.54, 1.807) is 6.07 Å². The number of halogens is 1. The van der Waals surface area contributed by atoms with Crippen molar-refractivity contribution >= 4 is 31.7 Å². The fourth-order valence-corrected chi connectivity index (χ4v) is 4.74. The molecule has 0 N–H and O–H groups in total. The zero-order chi connectivity index (χ0) is 15.6. The topological polar surface area (TPSA) is 59.4 Å². The predicted molar refractivity (Wildman–Crippen MR) is 84.7 cm³/mol. The first-order valence-corrected chi connectivity index (χ1v) is 9.30. The first-order valence-electron chi connectivity index (χ1n) is 6.68. The van der Waals surface area contributed by atoms with E-state index in [-0.39, 0.29) is 30.0 Å². The van der Waals surface area contributed by atoms with Crippen molar-refractivity contribution in [3.8, 4) is 12.3 Å². The van der Waals surface area contributed by atoms with Crippen molar-refractivity contribution in [3.05, 3.63) is 22.4 Å². The summed E-state index contributed by atoms with van der Waals surface area (Å²) in [5, 5.41) is 0. The van der Waals surface area contributed by atoms with E-state index < -0.39 is 9.84 Å². The van der Waals surface area contributed by atoms with E-state index >= 15 is 0 Å². The number of sulfone groups is 1. The van der Waals surface area contributed by atoms with Gasteiger partial charge in [-0.3, -0.25) is 4.79 Å². The smallest absolute Gasteiger partial charge is 0.271 e. The van der Waals surface area contributed by atoms with E-state index in [9.17, 15) is 13.2 Å². The van der Waals surface area contributed by atoms with E-state index in [0.29, 0.717) is 18.7 Å². The highest BCUT2D eigenvalue weighted by molar-refractivity contribution is 9.10. The molecule has 1 saturated heterocycles. The first-order chi connectivity index (χ1) is 9.88. The zero-order valence-corrected chi connectivity index (χ0v) is 14.2. The Kier molecular flexibility index (Phi) is 4.79. The number of nitrogens with zero attached hydrogens (tertiary/aromatic N) is 2. The van der Waals surface area contributed by atoms with Gasteiger partial charge < -0.3 is 9.47 Å². The van der Waals surface area contributed by atoms with Gasteiger partial charge in [0.2, 0.25) is 0 Å². The lowest BCUT2D eigenvalue weighted by Crippen LogP contribution is -2.42. The molecule has 1 atom stereocenters. The van der Waals surface area contributed by atoms with Crippen LogP contribution >= 0.6 is 15.9 Å². The van der Waals surface area contributed by atoms with Crippen LogP contribution in [0.1, 0.15) is 23.8 Å². The molecule has 1 unspecified atom stereocenters. The monoisotopic (exact) mass is 372 g/mol. The standard InChI is InChI=1S/C14H17BrN2O3S/c1-3-6-17(12-5-7-21(19,20)10-12)14(18)13-8-11(15)9-16(13)4-2/h1,8-9,12H,4-7,10H2,2H3. The van der Waals surface area contributed by atoms with Crippen LogP contribution in [0, 0.1) is 12.3 Å². The van der Waals surface area contributed by atoms with Crippen LogP contribution in [-0.2, 0) is 16.4 Å². The molecule has 0 aromatic carbocycles. The van der Waals surface area contributed by atoms with Crippen molar-refractivity contribution in [2.45, 2.75) is 25.9 Å². The van der Waals surface area contributed by atoms with Crippen molar-refractivity contribution in [2.75, 3.05) is 18.1 Å². The van der Waals surface area contributed by atoms with Gasteiger partial charge in [0.05, 0.1) is 18.1 Å². The van der Waals surface area contributed by atoms with Crippen LogP contribution in [0.4, 0.5) is 0 Å². The van der Waals surface area contributed by atoms with Crippen LogP contribution in [0.3, 0.4) is 0 Å². The third kappa shape index (κ3) is 3.50. The molecule has 0 aliphatic carbocycles. The highest BCUT2D eigenvalue weighted by Gasteiger charge is 2.35. The van der Waals surface area contributed by atoms with Crippen LogP contribution in [0.25, 0.3) is 0 Å². The summed E-state index contributed by atoms with van der Waals surface area (Å²) in [6, 6.07) is 1.40. The van der Waals surface area contributed by atoms with Crippen molar-refractivity contribution in [3.63, 3.8) is 0 Å². The molecule has 2 heterocycles. The van der Waals surface area contributed by atoms with Gasteiger partial charge in [-0.1, -0.05) is 5.92 Å². The summed E-state index contributed by atoms with van der Waals surface area (Å²) < 4.78 is 25.9. The number of hydrogen-bond donors (Lipinski definition) is 0. The molecule has 0 spiro atoms. The average molecular weight is 373 g/mol. The molecule has 1 fully saturated rings. The molecule has 114 valence electrons. The fourth-order valence-electron chi connectivity index (χ4n) is 2.55. The molecule has 0 saturated carbocycles. The summed E-state index contributed by atoms with van der Waals surface area (Å²) in [6.45, 7) is 2.71. The number of aromatic nitrogens is 1. The van der Waals surface area contributed by atoms with Crippen LogP contribution in [0.2, 0.25) is 0 Å². The summed E-state index contributed by atoms with van der Waals surface area (Å²) >= 11 is 3.35. The highest BCUT2D eigenvalue weighted by atomic mass is 79.9. The third-order valence-corrected chi connectivity index (χ3v) is 5.78. The Balaban J connectivity index is 2.30. The average Bonchev–Trinajstić information content (AvgIpc) is 2.97. The number of carbonyl (C=O) groups excluding carboxylic acids is 1. The Morgan fingerprint density at radius 3 is 2.86 bits per heavy atom. The van der Waals surface area contributed by atoms with Gasteiger partial charge >= 0.3 is 0 Å². The Bertz CT molecular complexity index is 688. The van der Waals surface area contributed by atoms with Crippen LogP contribution in [0.5, 0.6) is 0 Å². The summed E-state index contributed by atoms with van der Waals surface area (Å²) in [6.07, 6.45) is 7.62. The Morgan fingerprint density at radius 2 is 2.33 bits per heavy atom. The second-order valence-corrected chi connectivity index (χ2v) is 8.17. The molecule has 1 aliphatic heterocycles. The van der Waals surface area contributed by atoms with Gasteiger partial charge in [0, 0.05) is 23.3 Å². The molecule has 5 nitrogen and oxygen atoms in total. The molecule has 7 heteroatoms. The second kappa shape index (κ2) is 6.24. The molecular formula is C14H17BrN2O3S. The third-order valence-electron chi connectivity index (χ3n) is 3.59. The maximum Gasteiger partial charge on any atom is 0.271 e. The van der Waals surface area contributed by atoms with Crippen LogP contribution in [-0.4, -0.2) is 47.9 Å². The normalized spacial score (nSPS) is 20.1. The van der Waals surface area contributed by atoms with Gasteiger partial charge in [0.15, 0.2) is 9.84 Å².